The number of rotatable bonds is 3. The molecule has 0 amide bonds. The summed E-state index contributed by atoms with van der Waals surface area (Å²) < 4.78 is 6.00. The minimum absolute atomic E-state index is 0. The van der Waals surface area contributed by atoms with Gasteiger partial charge < -0.3 is 15.6 Å². The van der Waals surface area contributed by atoms with Crippen LogP contribution in [-0.2, 0) is 9.53 Å². The van der Waals surface area contributed by atoms with E-state index in [1.54, 1.807) is 12.1 Å². The first-order valence-electron chi connectivity index (χ1n) is 4.46. The van der Waals surface area contributed by atoms with E-state index in [-0.39, 0.29) is 30.5 Å². The third-order valence-corrected chi connectivity index (χ3v) is 3.73. The van der Waals surface area contributed by atoms with Crippen LogP contribution in [0.3, 0.4) is 0 Å². The zero-order valence-electron chi connectivity index (χ0n) is 8.94. The standard InChI is InChI=1S/C10H11I2NO3.ClH/c1-16-9(14)4-8(13)5-2-6(11)10(15)7(12)3-5;/h2-3,8,15H,4,13H2,1H3;1H. The van der Waals surface area contributed by atoms with E-state index in [0.717, 1.165) is 12.7 Å². The van der Waals surface area contributed by atoms with Crippen LogP contribution in [0, 0.1) is 7.14 Å². The summed E-state index contributed by atoms with van der Waals surface area (Å²) in [5.41, 5.74) is 6.69. The fourth-order valence-electron chi connectivity index (χ4n) is 1.18. The van der Waals surface area contributed by atoms with Gasteiger partial charge in [-0.2, -0.15) is 0 Å². The van der Waals surface area contributed by atoms with Crippen molar-refractivity contribution in [2.24, 2.45) is 5.73 Å². The van der Waals surface area contributed by atoms with E-state index in [9.17, 15) is 9.90 Å². The van der Waals surface area contributed by atoms with Gasteiger partial charge in [-0.3, -0.25) is 4.79 Å². The van der Waals surface area contributed by atoms with Crippen LogP contribution >= 0.6 is 57.6 Å². The van der Waals surface area contributed by atoms with Crippen molar-refractivity contribution in [2.75, 3.05) is 7.11 Å². The van der Waals surface area contributed by atoms with Gasteiger partial charge in [0.05, 0.1) is 20.7 Å². The number of benzene rings is 1. The van der Waals surface area contributed by atoms with E-state index in [1.807, 2.05) is 45.2 Å². The minimum Gasteiger partial charge on any atom is -0.506 e. The van der Waals surface area contributed by atoms with Gasteiger partial charge in [-0.25, -0.2) is 0 Å². The summed E-state index contributed by atoms with van der Waals surface area (Å²) in [6.45, 7) is 0. The highest BCUT2D eigenvalue weighted by molar-refractivity contribution is 14.1. The SMILES string of the molecule is COC(=O)CC(N)c1cc(I)c(O)c(I)c1.Cl. The average molecular weight is 483 g/mol. The third-order valence-electron chi connectivity index (χ3n) is 2.08. The fraction of sp³-hybridized carbons (Fsp3) is 0.300. The Morgan fingerprint density at radius 1 is 1.47 bits per heavy atom. The molecule has 0 aliphatic heterocycles. The molecule has 3 N–H and O–H groups in total. The van der Waals surface area contributed by atoms with Crippen molar-refractivity contribution in [1.29, 1.82) is 0 Å². The lowest BCUT2D eigenvalue weighted by atomic mass is 10.0. The molecule has 1 rings (SSSR count). The molecule has 0 aliphatic rings. The van der Waals surface area contributed by atoms with Gasteiger partial charge in [0.25, 0.3) is 0 Å². The Balaban J connectivity index is 0.00000256. The van der Waals surface area contributed by atoms with Crippen LogP contribution in [0.25, 0.3) is 0 Å². The summed E-state index contributed by atoms with van der Waals surface area (Å²) in [6.07, 6.45) is 0.132. The van der Waals surface area contributed by atoms with Crippen LogP contribution in [0.1, 0.15) is 18.0 Å². The second kappa shape index (κ2) is 7.59. The van der Waals surface area contributed by atoms with Gasteiger partial charge in [-0.15, -0.1) is 12.4 Å². The Bertz CT molecular complexity index is 392. The van der Waals surface area contributed by atoms with Gasteiger partial charge in [0.2, 0.25) is 0 Å². The summed E-state index contributed by atoms with van der Waals surface area (Å²) in [4.78, 5) is 11.1. The number of hydrogen-bond acceptors (Lipinski definition) is 4. The maximum Gasteiger partial charge on any atom is 0.307 e. The van der Waals surface area contributed by atoms with Crippen LogP contribution in [-0.4, -0.2) is 18.2 Å². The van der Waals surface area contributed by atoms with Crippen LogP contribution in [0.4, 0.5) is 0 Å². The summed E-state index contributed by atoms with van der Waals surface area (Å²) in [7, 11) is 1.33. The second-order valence-corrected chi connectivity index (χ2v) is 5.54. The lowest BCUT2D eigenvalue weighted by molar-refractivity contribution is -0.141. The predicted molar refractivity (Wildman–Crippen MR) is 84.4 cm³/mol. The third kappa shape index (κ3) is 4.76. The molecule has 0 spiro atoms. The van der Waals surface area contributed by atoms with Gasteiger partial charge in [0.1, 0.15) is 5.75 Å². The highest BCUT2D eigenvalue weighted by Crippen LogP contribution is 2.29. The summed E-state index contributed by atoms with van der Waals surface area (Å²) in [6, 6.07) is 3.13. The Morgan fingerprint density at radius 3 is 2.35 bits per heavy atom. The molecule has 1 aromatic carbocycles. The van der Waals surface area contributed by atoms with Gasteiger partial charge in [-0.1, -0.05) is 0 Å². The van der Waals surface area contributed by atoms with E-state index < -0.39 is 6.04 Å². The van der Waals surface area contributed by atoms with Gasteiger partial charge in [0.15, 0.2) is 0 Å². The number of carbonyl (C=O) groups is 1. The number of nitrogens with two attached hydrogens (primary N) is 1. The molecular weight excluding hydrogens is 471 g/mol. The number of halogens is 3. The van der Waals surface area contributed by atoms with Gasteiger partial charge in [-0.05, 0) is 62.9 Å². The summed E-state index contributed by atoms with van der Waals surface area (Å²) in [5.74, 6) is -0.0965. The van der Waals surface area contributed by atoms with E-state index in [4.69, 9.17) is 5.73 Å². The lowest BCUT2D eigenvalue weighted by Crippen LogP contribution is -2.16. The number of esters is 1. The van der Waals surface area contributed by atoms with Crippen LogP contribution < -0.4 is 5.73 Å². The molecule has 7 heteroatoms. The summed E-state index contributed by atoms with van der Waals surface area (Å²) >= 11 is 4.05. The first-order chi connectivity index (χ1) is 7.45. The maximum absolute atomic E-state index is 11.1. The highest BCUT2D eigenvalue weighted by atomic mass is 127. The number of hydrogen-bond donors (Lipinski definition) is 2. The van der Waals surface area contributed by atoms with Gasteiger partial charge >= 0.3 is 5.97 Å². The lowest BCUT2D eigenvalue weighted by Gasteiger charge is -2.12. The molecule has 17 heavy (non-hydrogen) atoms. The maximum atomic E-state index is 11.1. The molecule has 0 aromatic heterocycles. The minimum atomic E-state index is -0.407. The number of ether oxygens (including phenoxy) is 1. The van der Waals surface area contributed by atoms with Crippen molar-refractivity contribution in [3.63, 3.8) is 0 Å². The number of methoxy groups -OCH3 is 1. The number of aromatic hydroxyl groups is 1. The number of phenols is 1. The van der Waals surface area contributed by atoms with Crippen molar-refractivity contribution in [3.05, 3.63) is 24.8 Å². The molecule has 1 unspecified atom stereocenters. The van der Waals surface area contributed by atoms with Gasteiger partial charge in [0, 0.05) is 6.04 Å². The van der Waals surface area contributed by atoms with Crippen LogP contribution in [0.15, 0.2) is 12.1 Å². The summed E-state index contributed by atoms with van der Waals surface area (Å²) in [5, 5.41) is 9.59. The molecule has 1 atom stereocenters. The number of carbonyl (C=O) groups excluding carboxylic acids is 1. The molecular formula is C10H12ClI2NO3. The predicted octanol–water partition coefficient (Wildman–Crippen LogP) is 2.59. The molecule has 0 bridgehead atoms. The number of phenolic OH excluding ortho intramolecular Hbond substituents is 1. The van der Waals surface area contributed by atoms with Crippen molar-refractivity contribution < 1.29 is 14.6 Å². The monoisotopic (exact) mass is 483 g/mol. The first-order valence-corrected chi connectivity index (χ1v) is 6.61. The van der Waals surface area contributed by atoms with E-state index >= 15 is 0 Å². The largest absolute Gasteiger partial charge is 0.506 e. The molecule has 0 saturated carbocycles. The molecule has 0 radical (unpaired) electrons. The molecule has 0 aliphatic carbocycles. The highest BCUT2D eigenvalue weighted by Gasteiger charge is 2.15. The van der Waals surface area contributed by atoms with Crippen molar-refractivity contribution in [1.82, 2.24) is 0 Å². The van der Waals surface area contributed by atoms with Crippen LogP contribution in [0.5, 0.6) is 5.75 Å². The van der Waals surface area contributed by atoms with Crippen LogP contribution in [0.2, 0.25) is 0 Å². The average Bonchev–Trinajstić information content (AvgIpc) is 2.24. The normalized spacial score (nSPS) is 11.5. The first kappa shape index (κ1) is 17.2. The van der Waals surface area contributed by atoms with E-state index in [0.29, 0.717) is 0 Å². The van der Waals surface area contributed by atoms with E-state index in [1.165, 1.54) is 7.11 Å². The Morgan fingerprint density at radius 2 is 1.94 bits per heavy atom. The zero-order valence-corrected chi connectivity index (χ0v) is 14.1. The van der Waals surface area contributed by atoms with E-state index in [2.05, 4.69) is 4.74 Å². The molecule has 96 valence electrons. The smallest absolute Gasteiger partial charge is 0.307 e. The van der Waals surface area contributed by atoms with Crippen molar-refractivity contribution in [2.45, 2.75) is 12.5 Å². The molecule has 4 nitrogen and oxygen atoms in total. The Hall–Kier alpha value is 0.200. The quantitative estimate of drug-likeness (QED) is 0.512. The topological polar surface area (TPSA) is 72.5 Å². The molecule has 1 aromatic rings. The second-order valence-electron chi connectivity index (χ2n) is 3.22. The Labute approximate surface area is 133 Å². The Kier molecular flexibility index (Phi) is 7.68. The molecule has 0 saturated heterocycles. The van der Waals surface area contributed by atoms with Crippen molar-refractivity contribution >= 4 is 63.6 Å². The fourth-order valence-corrected chi connectivity index (χ4v) is 3.00. The van der Waals surface area contributed by atoms with Crippen molar-refractivity contribution in [3.8, 4) is 5.75 Å². The molecule has 0 heterocycles. The molecule has 0 fully saturated rings. The zero-order chi connectivity index (χ0) is 12.3.